The molecule has 24 heavy (non-hydrogen) atoms. The average molecular weight is 323 g/mol. The molecule has 0 N–H and O–H groups in total. The van der Waals surface area contributed by atoms with E-state index in [1.165, 1.54) is 66.5 Å². The zero-order valence-corrected chi connectivity index (χ0v) is 15.8. The van der Waals surface area contributed by atoms with Gasteiger partial charge >= 0.3 is 0 Å². The Morgan fingerprint density at radius 3 is 2.42 bits per heavy atom. The van der Waals surface area contributed by atoms with Crippen LogP contribution in [0.2, 0.25) is 0 Å². The predicted octanol–water partition coefficient (Wildman–Crippen LogP) is 6.05. The molecule has 0 atom stereocenters. The van der Waals surface area contributed by atoms with E-state index < -0.39 is 0 Å². The number of hydrogen-bond donors (Lipinski definition) is 0. The fourth-order valence-corrected chi connectivity index (χ4v) is 4.30. The standard InChI is InChI=1S/C23H32N/c1-5-18(6-2)20-12-11-17(3)22(15-20)23-16-21(13-14-24(23)4)19-9-7-8-10-19/h11-16,18-19H,5-10H2,1-4H3/q+1. The van der Waals surface area contributed by atoms with Gasteiger partial charge in [0.1, 0.15) is 7.05 Å². The van der Waals surface area contributed by atoms with Crippen LogP contribution in [0.5, 0.6) is 0 Å². The number of nitrogens with zero attached hydrogens (tertiary/aromatic N) is 1. The van der Waals surface area contributed by atoms with Gasteiger partial charge in [-0.25, -0.2) is 4.57 Å². The first-order valence-corrected chi connectivity index (χ1v) is 9.74. The number of aryl methyl sites for hydroxylation is 2. The highest BCUT2D eigenvalue weighted by Crippen LogP contribution is 2.35. The van der Waals surface area contributed by atoms with Gasteiger partial charge in [-0.1, -0.05) is 38.8 Å². The number of benzene rings is 1. The SMILES string of the molecule is CCC(CC)c1ccc(C)c(-c2cc(C3CCCC3)cc[n+]2C)c1. The van der Waals surface area contributed by atoms with Gasteiger partial charge in [0.25, 0.3) is 0 Å². The molecule has 0 aliphatic heterocycles. The van der Waals surface area contributed by atoms with Gasteiger partial charge in [-0.05, 0) is 67.2 Å². The van der Waals surface area contributed by atoms with Gasteiger partial charge in [0, 0.05) is 17.7 Å². The van der Waals surface area contributed by atoms with E-state index in [2.05, 4.69) is 68.9 Å². The predicted molar refractivity (Wildman–Crippen MR) is 102 cm³/mol. The highest BCUT2D eigenvalue weighted by atomic mass is 14.9. The summed E-state index contributed by atoms with van der Waals surface area (Å²) in [5.74, 6) is 1.44. The van der Waals surface area contributed by atoms with Crippen molar-refractivity contribution in [3.8, 4) is 11.3 Å². The average Bonchev–Trinajstić information content (AvgIpc) is 3.12. The monoisotopic (exact) mass is 322 g/mol. The summed E-state index contributed by atoms with van der Waals surface area (Å²) >= 11 is 0. The lowest BCUT2D eigenvalue weighted by molar-refractivity contribution is -0.660. The summed E-state index contributed by atoms with van der Waals surface area (Å²) in [6.45, 7) is 6.84. The number of pyridine rings is 1. The maximum atomic E-state index is 2.45. The Balaban J connectivity index is 2.04. The van der Waals surface area contributed by atoms with E-state index in [1.807, 2.05) is 0 Å². The van der Waals surface area contributed by atoms with Crippen molar-refractivity contribution in [3.63, 3.8) is 0 Å². The molecular weight excluding hydrogens is 290 g/mol. The van der Waals surface area contributed by atoms with Crippen LogP contribution in [-0.2, 0) is 7.05 Å². The van der Waals surface area contributed by atoms with Crippen LogP contribution in [-0.4, -0.2) is 0 Å². The quantitative estimate of drug-likeness (QED) is 0.590. The molecule has 1 heterocycles. The molecule has 3 rings (SSSR count). The highest BCUT2D eigenvalue weighted by Gasteiger charge is 2.21. The van der Waals surface area contributed by atoms with E-state index in [0.29, 0.717) is 5.92 Å². The Kier molecular flexibility index (Phi) is 5.38. The molecule has 1 aromatic carbocycles. The number of rotatable bonds is 5. The van der Waals surface area contributed by atoms with Crippen molar-refractivity contribution in [3.05, 3.63) is 53.2 Å². The molecule has 1 nitrogen and oxygen atoms in total. The summed E-state index contributed by atoms with van der Waals surface area (Å²) < 4.78 is 2.29. The van der Waals surface area contributed by atoms with Crippen molar-refractivity contribution in [1.29, 1.82) is 0 Å². The minimum Gasteiger partial charge on any atom is -0.201 e. The third kappa shape index (κ3) is 3.41. The molecular formula is C23H32N+. The Bertz CT molecular complexity index is 642. The second-order valence-corrected chi connectivity index (χ2v) is 7.53. The van der Waals surface area contributed by atoms with Crippen LogP contribution in [0.25, 0.3) is 11.3 Å². The van der Waals surface area contributed by atoms with Gasteiger partial charge in [0.05, 0.1) is 0 Å². The molecule has 1 aliphatic rings. The lowest BCUT2D eigenvalue weighted by Gasteiger charge is -2.16. The molecule has 1 fully saturated rings. The van der Waals surface area contributed by atoms with Crippen LogP contribution in [0.1, 0.15) is 80.9 Å². The minimum absolute atomic E-state index is 0.674. The molecule has 128 valence electrons. The summed E-state index contributed by atoms with van der Waals surface area (Å²) in [5, 5.41) is 0. The van der Waals surface area contributed by atoms with Crippen molar-refractivity contribution < 1.29 is 4.57 Å². The van der Waals surface area contributed by atoms with Crippen LogP contribution in [0.3, 0.4) is 0 Å². The Morgan fingerprint density at radius 1 is 1.04 bits per heavy atom. The summed E-state index contributed by atoms with van der Waals surface area (Å²) in [6, 6.07) is 11.9. The van der Waals surface area contributed by atoms with E-state index in [0.717, 1.165) is 5.92 Å². The fraction of sp³-hybridized carbons (Fsp3) is 0.522. The summed E-state index contributed by atoms with van der Waals surface area (Å²) in [5.41, 5.74) is 7.18. The van der Waals surface area contributed by atoms with E-state index in [9.17, 15) is 0 Å². The zero-order valence-electron chi connectivity index (χ0n) is 15.8. The van der Waals surface area contributed by atoms with Crippen molar-refractivity contribution in [1.82, 2.24) is 0 Å². The van der Waals surface area contributed by atoms with Crippen LogP contribution >= 0.6 is 0 Å². The van der Waals surface area contributed by atoms with Crippen molar-refractivity contribution in [2.45, 2.75) is 71.1 Å². The van der Waals surface area contributed by atoms with Crippen molar-refractivity contribution in [2.75, 3.05) is 0 Å². The Morgan fingerprint density at radius 2 is 1.75 bits per heavy atom. The molecule has 0 radical (unpaired) electrons. The maximum absolute atomic E-state index is 2.45. The van der Waals surface area contributed by atoms with Gasteiger partial charge in [0.15, 0.2) is 6.20 Å². The van der Waals surface area contributed by atoms with Gasteiger partial charge < -0.3 is 0 Å². The van der Waals surface area contributed by atoms with Crippen LogP contribution < -0.4 is 4.57 Å². The van der Waals surface area contributed by atoms with Gasteiger partial charge in [-0.3, -0.25) is 0 Å². The van der Waals surface area contributed by atoms with Crippen LogP contribution in [0, 0.1) is 6.92 Å². The Hall–Kier alpha value is -1.63. The highest BCUT2D eigenvalue weighted by molar-refractivity contribution is 5.63. The third-order valence-electron chi connectivity index (χ3n) is 6.00. The summed E-state index contributed by atoms with van der Waals surface area (Å²) in [6.07, 6.45) is 10.2. The summed E-state index contributed by atoms with van der Waals surface area (Å²) in [4.78, 5) is 0. The lowest BCUT2D eigenvalue weighted by atomic mass is 9.89. The normalized spacial score (nSPS) is 15.4. The first kappa shape index (κ1) is 17.2. The smallest absolute Gasteiger partial charge is 0.201 e. The zero-order chi connectivity index (χ0) is 17.1. The maximum Gasteiger partial charge on any atom is 0.212 e. The van der Waals surface area contributed by atoms with Crippen molar-refractivity contribution in [2.24, 2.45) is 7.05 Å². The molecule has 0 spiro atoms. The van der Waals surface area contributed by atoms with E-state index >= 15 is 0 Å². The largest absolute Gasteiger partial charge is 0.212 e. The molecule has 1 heteroatoms. The van der Waals surface area contributed by atoms with Crippen LogP contribution in [0.4, 0.5) is 0 Å². The van der Waals surface area contributed by atoms with Gasteiger partial charge in [-0.15, -0.1) is 0 Å². The van der Waals surface area contributed by atoms with Crippen LogP contribution in [0.15, 0.2) is 36.5 Å². The second kappa shape index (κ2) is 7.51. The topological polar surface area (TPSA) is 3.88 Å². The molecule has 0 amide bonds. The van der Waals surface area contributed by atoms with E-state index in [4.69, 9.17) is 0 Å². The summed E-state index contributed by atoms with van der Waals surface area (Å²) in [7, 11) is 2.18. The Labute approximate surface area is 147 Å². The number of aromatic nitrogens is 1. The molecule has 1 aromatic heterocycles. The van der Waals surface area contributed by atoms with Gasteiger partial charge in [-0.2, -0.15) is 0 Å². The first-order valence-electron chi connectivity index (χ1n) is 9.74. The van der Waals surface area contributed by atoms with Gasteiger partial charge in [0.2, 0.25) is 5.69 Å². The number of hydrogen-bond acceptors (Lipinski definition) is 0. The first-order chi connectivity index (χ1) is 11.6. The second-order valence-electron chi connectivity index (χ2n) is 7.53. The molecule has 0 unspecified atom stereocenters. The molecule has 1 saturated carbocycles. The molecule has 0 saturated heterocycles. The minimum atomic E-state index is 0.674. The molecule has 0 bridgehead atoms. The lowest BCUT2D eigenvalue weighted by Crippen LogP contribution is -2.31. The van der Waals surface area contributed by atoms with Crippen molar-refractivity contribution >= 4 is 0 Å². The molecule has 1 aliphatic carbocycles. The fourth-order valence-electron chi connectivity index (χ4n) is 4.30. The van der Waals surface area contributed by atoms with E-state index in [1.54, 1.807) is 0 Å². The molecule has 2 aromatic rings. The third-order valence-corrected chi connectivity index (χ3v) is 6.00. The van der Waals surface area contributed by atoms with E-state index in [-0.39, 0.29) is 0 Å².